The molecule has 0 N–H and O–H groups in total. The molecule has 0 atom stereocenters. The third-order valence-electron chi connectivity index (χ3n) is 5.21. The van der Waals surface area contributed by atoms with E-state index in [0.29, 0.717) is 18.0 Å². The van der Waals surface area contributed by atoms with Crippen LogP contribution in [0.15, 0.2) is 54.7 Å². The average Bonchev–Trinajstić information content (AvgIpc) is 3.47. The maximum atomic E-state index is 13.7. The van der Waals surface area contributed by atoms with E-state index in [0.717, 1.165) is 29.8 Å². The number of carbonyl (C=O) groups is 1. The molecule has 150 valence electrons. The molecule has 29 heavy (non-hydrogen) atoms. The van der Waals surface area contributed by atoms with Crippen molar-refractivity contribution >= 4 is 5.91 Å². The third kappa shape index (κ3) is 4.01. The minimum absolute atomic E-state index is 0.0936. The Morgan fingerprint density at radius 3 is 2.66 bits per heavy atom. The van der Waals surface area contributed by atoms with Gasteiger partial charge in [0.1, 0.15) is 6.61 Å². The number of rotatable bonds is 7. The number of aromatic nitrogens is 2. The van der Waals surface area contributed by atoms with Gasteiger partial charge in [-0.05, 0) is 43.5 Å². The standard InChI is InChI=1S/C23H24FN3O2/c1-16-7-3-5-9-20(16)27-22(17-11-12-17)18(15-25-27)23(28)26(2)13-14-29-21-10-6-4-8-19(21)24/h3-10,15,17H,11-14H2,1-2H3. The van der Waals surface area contributed by atoms with E-state index in [4.69, 9.17) is 4.74 Å². The van der Waals surface area contributed by atoms with Gasteiger partial charge in [-0.25, -0.2) is 9.07 Å². The lowest BCUT2D eigenvalue weighted by Gasteiger charge is -2.18. The first-order chi connectivity index (χ1) is 14.1. The number of para-hydroxylation sites is 2. The highest BCUT2D eigenvalue weighted by Gasteiger charge is 2.34. The molecule has 0 unspecified atom stereocenters. The summed E-state index contributed by atoms with van der Waals surface area (Å²) >= 11 is 0. The maximum absolute atomic E-state index is 13.7. The van der Waals surface area contributed by atoms with Gasteiger partial charge in [0.25, 0.3) is 5.91 Å². The van der Waals surface area contributed by atoms with E-state index >= 15 is 0 Å². The second-order valence-corrected chi connectivity index (χ2v) is 7.42. The topological polar surface area (TPSA) is 47.4 Å². The van der Waals surface area contributed by atoms with Crippen molar-refractivity contribution in [2.75, 3.05) is 20.2 Å². The van der Waals surface area contributed by atoms with Gasteiger partial charge in [-0.3, -0.25) is 4.79 Å². The van der Waals surface area contributed by atoms with Crippen molar-refractivity contribution in [2.24, 2.45) is 0 Å². The lowest BCUT2D eigenvalue weighted by Crippen LogP contribution is -2.31. The molecule has 1 fully saturated rings. The Bertz CT molecular complexity index is 1030. The first-order valence-corrected chi connectivity index (χ1v) is 9.83. The molecule has 2 aromatic carbocycles. The molecule has 5 nitrogen and oxygen atoms in total. The molecule has 1 aromatic heterocycles. The molecule has 1 heterocycles. The summed E-state index contributed by atoms with van der Waals surface area (Å²) in [5.41, 5.74) is 3.72. The van der Waals surface area contributed by atoms with Crippen molar-refractivity contribution in [3.8, 4) is 11.4 Å². The molecule has 3 aromatic rings. The molecule has 6 heteroatoms. The zero-order valence-corrected chi connectivity index (χ0v) is 16.6. The number of benzene rings is 2. The molecular weight excluding hydrogens is 369 g/mol. The first-order valence-electron chi connectivity index (χ1n) is 9.83. The summed E-state index contributed by atoms with van der Waals surface area (Å²) in [5, 5.41) is 4.54. The fraction of sp³-hybridized carbons (Fsp3) is 0.304. The van der Waals surface area contributed by atoms with E-state index in [2.05, 4.69) is 5.10 Å². The minimum Gasteiger partial charge on any atom is -0.489 e. The molecule has 1 amide bonds. The Balaban J connectivity index is 1.50. The molecule has 4 rings (SSSR count). The van der Waals surface area contributed by atoms with E-state index in [1.165, 1.54) is 6.07 Å². The van der Waals surface area contributed by atoms with Crippen LogP contribution >= 0.6 is 0 Å². The number of nitrogens with zero attached hydrogens (tertiary/aromatic N) is 3. The molecule has 0 bridgehead atoms. The van der Waals surface area contributed by atoms with Gasteiger partial charge in [0, 0.05) is 13.0 Å². The molecular formula is C23H24FN3O2. The average molecular weight is 393 g/mol. The predicted molar refractivity (Wildman–Crippen MR) is 109 cm³/mol. The first kappa shape index (κ1) is 19.2. The van der Waals surface area contributed by atoms with Crippen LogP contribution in [0.5, 0.6) is 5.75 Å². The molecule has 0 saturated heterocycles. The van der Waals surface area contributed by atoms with Crippen LogP contribution in [-0.2, 0) is 0 Å². The Kier molecular flexibility index (Phi) is 5.34. The normalized spacial score (nSPS) is 13.3. The van der Waals surface area contributed by atoms with Crippen LogP contribution in [0.4, 0.5) is 4.39 Å². The summed E-state index contributed by atoms with van der Waals surface area (Å²) in [6.07, 6.45) is 3.80. The highest BCUT2D eigenvalue weighted by molar-refractivity contribution is 5.95. The number of likely N-dealkylation sites (N-methyl/N-ethyl adjacent to an activating group) is 1. The van der Waals surface area contributed by atoms with E-state index in [1.807, 2.05) is 35.9 Å². The summed E-state index contributed by atoms with van der Waals surface area (Å²) in [6.45, 7) is 2.61. The largest absolute Gasteiger partial charge is 0.489 e. The molecule has 1 aliphatic carbocycles. The van der Waals surface area contributed by atoms with Gasteiger partial charge in [-0.15, -0.1) is 0 Å². The lowest BCUT2D eigenvalue weighted by atomic mass is 10.1. The van der Waals surface area contributed by atoms with Crippen molar-refractivity contribution in [3.63, 3.8) is 0 Å². The maximum Gasteiger partial charge on any atom is 0.257 e. The van der Waals surface area contributed by atoms with Gasteiger partial charge in [0.05, 0.1) is 29.7 Å². The summed E-state index contributed by atoms with van der Waals surface area (Å²) in [6, 6.07) is 14.3. The highest BCUT2D eigenvalue weighted by atomic mass is 19.1. The second kappa shape index (κ2) is 8.07. The number of carbonyl (C=O) groups excluding carboxylic acids is 1. The van der Waals surface area contributed by atoms with Crippen LogP contribution in [-0.4, -0.2) is 40.8 Å². The molecule has 0 radical (unpaired) electrons. The molecule has 1 aliphatic rings. The second-order valence-electron chi connectivity index (χ2n) is 7.42. The summed E-state index contributed by atoms with van der Waals surface area (Å²) in [5.74, 6) is 0.0550. The SMILES string of the molecule is Cc1ccccc1-n1ncc(C(=O)N(C)CCOc2ccccc2F)c1C1CC1. The number of hydrogen-bond donors (Lipinski definition) is 0. The fourth-order valence-electron chi connectivity index (χ4n) is 3.43. The van der Waals surface area contributed by atoms with Crippen molar-refractivity contribution in [2.45, 2.75) is 25.7 Å². The number of aryl methyl sites for hydroxylation is 1. The van der Waals surface area contributed by atoms with Crippen LogP contribution in [0.2, 0.25) is 0 Å². The van der Waals surface area contributed by atoms with Crippen LogP contribution in [0.3, 0.4) is 0 Å². The van der Waals surface area contributed by atoms with Crippen molar-refractivity contribution in [1.29, 1.82) is 0 Å². The van der Waals surface area contributed by atoms with E-state index in [1.54, 1.807) is 36.3 Å². The van der Waals surface area contributed by atoms with E-state index in [-0.39, 0.29) is 18.3 Å². The minimum atomic E-state index is -0.406. The predicted octanol–water partition coefficient (Wildman–Crippen LogP) is 4.35. The van der Waals surface area contributed by atoms with E-state index < -0.39 is 5.82 Å². The molecule has 0 spiro atoms. The van der Waals surface area contributed by atoms with Crippen molar-refractivity contribution in [3.05, 3.63) is 77.4 Å². The van der Waals surface area contributed by atoms with E-state index in [9.17, 15) is 9.18 Å². The van der Waals surface area contributed by atoms with Gasteiger partial charge >= 0.3 is 0 Å². The van der Waals surface area contributed by atoms with Crippen LogP contribution in [0.1, 0.15) is 40.4 Å². The van der Waals surface area contributed by atoms with Gasteiger partial charge in [0.15, 0.2) is 11.6 Å². The number of amides is 1. The van der Waals surface area contributed by atoms with Crippen LogP contribution < -0.4 is 4.74 Å². The van der Waals surface area contributed by atoms with Crippen molar-refractivity contribution < 1.29 is 13.9 Å². The van der Waals surface area contributed by atoms with Crippen LogP contribution in [0, 0.1) is 12.7 Å². The Labute approximate surface area is 169 Å². The summed E-state index contributed by atoms with van der Waals surface area (Å²) < 4.78 is 21.1. The van der Waals surface area contributed by atoms with Gasteiger partial charge in [-0.2, -0.15) is 5.10 Å². The summed E-state index contributed by atoms with van der Waals surface area (Å²) in [4.78, 5) is 14.7. The zero-order valence-electron chi connectivity index (χ0n) is 16.6. The molecule has 1 saturated carbocycles. The Hall–Kier alpha value is -3.15. The van der Waals surface area contributed by atoms with Gasteiger partial charge in [-0.1, -0.05) is 30.3 Å². The smallest absolute Gasteiger partial charge is 0.257 e. The van der Waals surface area contributed by atoms with Gasteiger partial charge in [0.2, 0.25) is 0 Å². The highest BCUT2D eigenvalue weighted by Crippen LogP contribution is 2.43. The molecule has 0 aliphatic heterocycles. The lowest BCUT2D eigenvalue weighted by molar-refractivity contribution is 0.0771. The van der Waals surface area contributed by atoms with Crippen molar-refractivity contribution in [1.82, 2.24) is 14.7 Å². The van der Waals surface area contributed by atoms with Gasteiger partial charge < -0.3 is 9.64 Å². The quantitative estimate of drug-likeness (QED) is 0.600. The number of halogens is 1. The Morgan fingerprint density at radius 2 is 1.93 bits per heavy atom. The van der Waals surface area contributed by atoms with Crippen LogP contribution in [0.25, 0.3) is 5.69 Å². The zero-order chi connectivity index (χ0) is 20.4. The number of hydrogen-bond acceptors (Lipinski definition) is 3. The fourth-order valence-corrected chi connectivity index (χ4v) is 3.43. The number of ether oxygens (including phenoxy) is 1. The monoisotopic (exact) mass is 393 g/mol. The summed E-state index contributed by atoms with van der Waals surface area (Å²) in [7, 11) is 1.73. The Morgan fingerprint density at radius 1 is 1.21 bits per heavy atom. The third-order valence-corrected chi connectivity index (χ3v) is 5.21.